The van der Waals surface area contributed by atoms with Gasteiger partial charge >= 0.3 is 0 Å². The van der Waals surface area contributed by atoms with Crippen LogP contribution in [0.1, 0.15) is 5.56 Å². The summed E-state index contributed by atoms with van der Waals surface area (Å²) in [5, 5.41) is 3.46. The second kappa shape index (κ2) is 5.66. The summed E-state index contributed by atoms with van der Waals surface area (Å²) in [7, 11) is 0. The maximum Gasteiger partial charge on any atom is 0.117 e. The van der Waals surface area contributed by atoms with Gasteiger partial charge in [-0.15, -0.1) is 0 Å². The number of nitrogens with zero attached hydrogens (tertiary/aromatic N) is 4. The fourth-order valence-electron chi connectivity index (χ4n) is 2.20. The zero-order chi connectivity index (χ0) is 12.1. The minimum atomic E-state index is -0.885. The van der Waals surface area contributed by atoms with E-state index in [0.717, 1.165) is 6.54 Å². The fourth-order valence-corrected chi connectivity index (χ4v) is 2.20. The minimum Gasteiger partial charge on any atom is -0.296 e. The van der Waals surface area contributed by atoms with Crippen molar-refractivity contribution in [1.29, 1.82) is 0 Å². The van der Waals surface area contributed by atoms with Gasteiger partial charge in [-0.05, 0) is 11.1 Å². The molecule has 1 fully saturated rings. The summed E-state index contributed by atoms with van der Waals surface area (Å²) in [6, 6.07) is 10.0. The molecule has 5 heteroatoms. The van der Waals surface area contributed by atoms with E-state index < -0.39 is 6.17 Å². The predicted octanol–water partition coefficient (Wildman–Crippen LogP) is 2.77. The van der Waals surface area contributed by atoms with E-state index in [1.54, 1.807) is 0 Å². The summed E-state index contributed by atoms with van der Waals surface area (Å²) in [4.78, 5) is 4.75. The highest BCUT2D eigenvalue weighted by Gasteiger charge is 2.31. The van der Waals surface area contributed by atoms with Crippen molar-refractivity contribution in [3.8, 4) is 0 Å². The van der Waals surface area contributed by atoms with Crippen LogP contribution in [-0.2, 0) is 6.54 Å². The van der Waals surface area contributed by atoms with Crippen molar-refractivity contribution in [1.82, 2.24) is 4.90 Å². The predicted molar refractivity (Wildman–Crippen MR) is 64.1 cm³/mol. The number of rotatable bonds is 4. The Morgan fingerprint density at radius 1 is 1.35 bits per heavy atom. The average molecular weight is 234 g/mol. The molecular weight excluding hydrogens is 219 g/mol. The molecule has 0 radical (unpaired) electrons. The van der Waals surface area contributed by atoms with E-state index in [1.807, 2.05) is 30.3 Å². The van der Waals surface area contributed by atoms with Gasteiger partial charge in [-0.25, -0.2) is 4.39 Å². The van der Waals surface area contributed by atoms with E-state index in [2.05, 4.69) is 14.9 Å². The molecule has 1 aliphatic rings. The Bertz CT molecular complexity index is 402. The van der Waals surface area contributed by atoms with Crippen LogP contribution < -0.4 is 0 Å². The van der Waals surface area contributed by atoms with E-state index in [-0.39, 0.29) is 12.5 Å². The van der Waals surface area contributed by atoms with Crippen LogP contribution in [0.2, 0.25) is 0 Å². The first-order valence-corrected chi connectivity index (χ1v) is 5.71. The molecule has 0 N–H and O–H groups in total. The minimum absolute atomic E-state index is 0.158. The number of alkyl halides is 1. The van der Waals surface area contributed by atoms with Crippen molar-refractivity contribution in [2.24, 2.45) is 11.0 Å². The quantitative estimate of drug-likeness (QED) is 0.449. The second-order valence-corrected chi connectivity index (χ2v) is 4.37. The molecule has 1 saturated heterocycles. The van der Waals surface area contributed by atoms with Gasteiger partial charge in [0.1, 0.15) is 6.17 Å². The topological polar surface area (TPSA) is 52.0 Å². The zero-order valence-corrected chi connectivity index (χ0v) is 9.54. The second-order valence-electron chi connectivity index (χ2n) is 4.37. The molecule has 90 valence electrons. The molecule has 1 heterocycles. The van der Waals surface area contributed by atoms with Crippen LogP contribution >= 0.6 is 0 Å². The SMILES string of the molecule is [N-]=[N+]=NCC1CN(Cc2ccccc2)CC1F. The van der Waals surface area contributed by atoms with Crippen LogP contribution in [0.25, 0.3) is 10.4 Å². The number of azide groups is 1. The van der Waals surface area contributed by atoms with Gasteiger partial charge in [-0.3, -0.25) is 4.90 Å². The summed E-state index contributed by atoms with van der Waals surface area (Å²) in [6.07, 6.45) is -0.885. The number of hydrogen-bond donors (Lipinski definition) is 0. The lowest BCUT2D eigenvalue weighted by atomic mass is 10.1. The van der Waals surface area contributed by atoms with Crippen molar-refractivity contribution < 1.29 is 4.39 Å². The smallest absolute Gasteiger partial charge is 0.117 e. The Kier molecular flexibility index (Phi) is 3.96. The third-order valence-electron chi connectivity index (χ3n) is 3.07. The standard InChI is InChI=1S/C12H15FN4/c13-12-9-17(8-11(12)6-15-16-14)7-10-4-2-1-3-5-10/h1-5,11-12H,6-9H2. The average Bonchev–Trinajstić information content (AvgIpc) is 2.68. The molecule has 0 spiro atoms. The number of halogens is 1. The van der Waals surface area contributed by atoms with Gasteiger partial charge < -0.3 is 0 Å². The normalized spacial score (nSPS) is 24.5. The van der Waals surface area contributed by atoms with Crippen molar-refractivity contribution in [2.75, 3.05) is 19.6 Å². The highest BCUT2D eigenvalue weighted by atomic mass is 19.1. The molecule has 0 amide bonds. The summed E-state index contributed by atoms with van der Waals surface area (Å²) < 4.78 is 13.6. The first-order chi connectivity index (χ1) is 8.29. The molecule has 2 rings (SSSR count). The Balaban J connectivity index is 1.90. The molecule has 0 bridgehead atoms. The lowest BCUT2D eigenvalue weighted by molar-refractivity contribution is 0.271. The third-order valence-corrected chi connectivity index (χ3v) is 3.07. The third kappa shape index (κ3) is 3.19. The molecule has 1 aromatic carbocycles. The van der Waals surface area contributed by atoms with Gasteiger partial charge in [0.25, 0.3) is 0 Å². The molecule has 17 heavy (non-hydrogen) atoms. The van der Waals surface area contributed by atoms with E-state index in [1.165, 1.54) is 5.56 Å². The van der Waals surface area contributed by atoms with E-state index >= 15 is 0 Å². The summed E-state index contributed by atoms with van der Waals surface area (Å²) in [6.45, 7) is 2.10. The highest BCUT2D eigenvalue weighted by Crippen LogP contribution is 2.22. The van der Waals surface area contributed by atoms with Crippen LogP contribution in [-0.4, -0.2) is 30.7 Å². The molecule has 2 unspecified atom stereocenters. The van der Waals surface area contributed by atoms with Crippen molar-refractivity contribution in [3.05, 3.63) is 46.3 Å². The van der Waals surface area contributed by atoms with Gasteiger partial charge in [0, 0.05) is 37.0 Å². The Labute approximate surface area is 99.7 Å². The summed E-state index contributed by atoms with van der Waals surface area (Å²) in [5.74, 6) is -0.158. The number of likely N-dealkylation sites (tertiary alicyclic amines) is 1. The summed E-state index contributed by atoms with van der Waals surface area (Å²) >= 11 is 0. The van der Waals surface area contributed by atoms with Crippen LogP contribution in [0, 0.1) is 5.92 Å². The molecule has 1 aliphatic heterocycles. The first-order valence-electron chi connectivity index (χ1n) is 5.71. The molecule has 0 aliphatic carbocycles. The van der Waals surface area contributed by atoms with Crippen LogP contribution in [0.5, 0.6) is 0 Å². The fraction of sp³-hybridized carbons (Fsp3) is 0.500. The highest BCUT2D eigenvalue weighted by molar-refractivity contribution is 5.14. The molecule has 0 saturated carbocycles. The Morgan fingerprint density at radius 2 is 2.12 bits per heavy atom. The Morgan fingerprint density at radius 3 is 2.82 bits per heavy atom. The van der Waals surface area contributed by atoms with Crippen molar-refractivity contribution >= 4 is 0 Å². The van der Waals surface area contributed by atoms with Crippen molar-refractivity contribution in [2.45, 2.75) is 12.7 Å². The lowest BCUT2D eigenvalue weighted by Gasteiger charge is -2.14. The monoisotopic (exact) mass is 234 g/mol. The molecule has 1 aromatic rings. The van der Waals surface area contributed by atoms with Gasteiger partial charge in [0.2, 0.25) is 0 Å². The largest absolute Gasteiger partial charge is 0.296 e. The van der Waals surface area contributed by atoms with E-state index in [9.17, 15) is 4.39 Å². The molecule has 0 aromatic heterocycles. The lowest BCUT2D eigenvalue weighted by Crippen LogP contribution is -2.20. The maximum absolute atomic E-state index is 13.6. The van der Waals surface area contributed by atoms with E-state index in [4.69, 9.17) is 5.53 Å². The van der Waals surface area contributed by atoms with Gasteiger partial charge in [-0.1, -0.05) is 35.4 Å². The van der Waals surface area contributed by atoms with Crippen LogP contribution in [0.3, 0.4) is 0 Å². The molecule has 4 nitrogen and oxygen atoms in total. The van der Waals surface area contributed by atoms with Gasteiger partial charge in [-0.2, -0.15) is 0 Å². The molecular formula is C12H15FN4. The Hall–Kier alpha value is -1.58. The van der Waals surface area contributed by atoms with Gasteiger partial charge in [0.05, 0.1) is 0 Å². The zero-order valence-electron chi connectivity index (χ0n) is 9.54. The number of benzene rings is 1. The van der Waals surface area contributed by atoms with Gasteiger partial charge in [0.15, 0.2) is 0 Å². The summed E-state index contributed by atoms with van der Waals surface area (Å²) in [5.41, 5.74) is 9.42. The van der Waals surface area contributed by atoms with Crippen LogP contribution in [0.15, 0.2) is 35.4 Å². The van der Waals surface area contributed by atoms with E-state index in [0.29, 0.717) is 13.1 Å². The maximum atomic E-state index is 13.6. The first kappa shape index (κ1) is 11.9. The molecule has 2 atom stereocenters. The van der Waals surface area contributed by atoms with Crippen molar-refractivity contribution in [3.63, 3.8) is 0 Å². The number of hydrogen-bond acceptors (Lipinski definition) is 2. The van der Waals surface area contributed by atoms with Crippen LogP contribution in [0.4, 0.5) is 4.39 Å².